The average molecular weight is 200 g/mol. The predicted octanol–water partition coefficient (Wildman–Crippen LogP) is 0.265. The van der Waals surface area contributed by atoms with Crippen molar-refractivity contribution >= 4 is 5.91 Å². The monoisotopic (exact) mass is 200 g/mol. The lowest BCUT2D eigenvalue weighted by Gasteiger charge is -2.16. The summed E-state index contributed by atoms with van der Waals surface area (Å²) in [7, 11) is 0. The number of nitrogens with two attached hydrogens (primary N) is 1. The Kier molecular flexibility index (Phi) is 4.35. The van der Waals surface area contributed by atoms with E-state index in [1.807, 2.05) is 0 Å². The fourth-order valence-electron chi connectivity index (χ4n) is 1.57. The molecule has 3 N–H and O–H groups in total. The Bertz CT molecular complexity index is 189. The van der Waals surface area contributed by atoms with Gasteiger partial charge in [0.25, 0.3) is 0 Å². The van der Waals surface area contributed by atoms with Crippen molar-refractivity contribution in [3.8, 4) is 0 Å². The van der Waals surface area contributed by atoms with Crippen LogP contribution in [0.1, 0.15) is 26.7 Å². The summed E-state index contributed by atoms with van der Waals surface area (Å²) in [6.07, 6.45) is 1.64. The number of carbonyl (C=O) groups is 1. The van der Waals surface area contributed by atoms with Crippen molar-refractivity contribution in [1.29, 1.82) is 0 Å². The number of carbonyl (C=O) groups excluding carboxylic acids is 1. The van der Waals surface area contributed by atoms with Gasteiger partial charge in [-0.3, -0.25) is 4.79 Å². The minimum absolute atomic E-state index is 0.0470. The smallest absolute Gasteiger partial charge is 0.237 e. The van der Waals surface area contributed by atoms with E-state index in [-0.39, 0.29) is 18.0 Å². The molecule has 1 saturated heterocycles. The third kappa shape index (κ3) is 3.64. The van der Waals surface area contributed by atoms with Gasteiger partial charge in [-0.2, -0.15) is 0 Å². The number of hydrogen-bond acceptors (Lipinski definition) is 3. The highest BCUT2D eigenvalue weighted by molar-refractivity contribution is 5.81. The molecule has 1 heterocycles. The Morgan fingerprint density at radius 3 is 2.86 bits per heavy atom. The maximum absolute atomic E-state index is 11.5. The Morgan fingerprint density at radius 2 is 2.36 bits per heavy atom. The number of rotatable bonds is 4. The molecule has 1 aliphatic heterocycles. The number of nitrogens with one attached hydrogen (secondary N) is 1. The van der Waals surface area contributed by atoms with Crippen molar-refractivity contribution < 1.29 is 9.53 Å². The topological polar surface area (TPSA) is 64.4 Å². The van der Waals surface area contributed by atoms with Crippen LogP contribution in [0.5, 0.6) is 0 Å². The molecule has 0 aliphatic carbocycles. The molecule has 1 amide bonds. The van der Waals surface area contributed by atoms with E-state index in [1.165, 1.54) is 0 Å². The van der Waals surface area contributed by atoms with Gasteiger partial charge >= 0.3 is 0 Å². The molecular weight excluding hydrogens is 180 g/mol. The van der Waals surface area contributed by atoms with E-state index < -0.39 is 0 Å². The van der Waals surface area contributed by atoms with Crippen molar-refractivity contribution in [2.24, 2.45) is 11.7 Å². The summed E-state index contributed by atoms with van der Waals surface area (Å²) in [4.78, 5) is 11.5. The molecule has 1 aliphatic rings. The fourth-order valence-corrected chi connectivity index (χ4v) is 1.57. The molecule has 14 heavy (non-hydrogen) atoms. The highest BCUT2D eigenvalue weighted by Crippen LogP contribution is 2.06. The van der Waals surface area contributed by atoms with Gasteiger partial charge in [-0.1, -0.05) is 13.8 Å². The van der Waals surface area contributed by atoms with E-state index >= 15 is 0 Å². The zero-order chi connectivity index (χ0) is 10.6. The van der Waals surface area contributed by atoms with Crippen LogP contribution in [0.3, 0.4) is 0 Å². The second-order valence-corrected chi connectivity index (χ2v) is 4.31. The Morgan fingerprint density at radius 1 is 1.64 bits per heavy atom. The molecule has 0 aromatic heterocycles. The Hall–Kier alpha value is -0.610. The van der Waals surface area contributed by atoms with Crippen LogP contribution < -0.4 is 11.1 Å². The first-order chi connectivity index (χ1) is 6.59. The summed E-state index contributed by atoms with van der Waals surface area (Å²) < 4.78 is 5.16. The maximum Gasteiger partial charge on any atom is 0.237 e. The van der Waals surface area contributed by atoms with Gasteiger partial charge in [-0.25, -0.2) is 0 Å². The summed E-state index contributed by atoms with van der Waals surface area (Å²) in [6.45, 7) is 5.49. The number of amides is 1. The van der Waals surface area contributed by atoms with Crippen LogP contribution in [0.4, 0.5) is 0 Å². The second kappa shape index (κ2) is 5.32. The van der Waals surface area contributed by atoms with Crippen molar-refractivity contribution in [2.75, 3.05) is 13.2 Å². The predicted molar refractivity (Wildman–Crippen MR) is 54.8 cm³/mol. The summed E-state index contributed by atoms with van der Waals surface area (Å²) in [5, 5.41) is 2.90. The van der Waals surface area contributed by atoms with Crippen molar-refractivity contribution in [1.82, 2.24) is 5.32 Å². The minimum Gasteiger partial charge on any atom is -0.379 e. The van der Waals surface area contributed by atoms with Gasteiger partial charge in [0, 0.05) is 6.61 Å². The largest absolute Gasteiger partial charge is 0.379 e. The second-order valence-electron chi connectivity index (χ2n) is 4.31. The van der Waals surface area contributed by atoms with E-state index in [9.17, 15) is 4.79 Å². The van der Waals surface area contributed by atoms with Gasteiger partial charge in [-0.05, 0) is 18.8 Å². The van der Waals surface area contributed by atoms with E-state index in [0.29, 0.717) is 12.5 Å². The van der Waals surface area contributed by atoms with Crippen molar-refractivity contribution in [3.05, 3.63) is 0 Å². The van der Waals surface area contributed by atoms with Crippen LogP contribution in [0, 0.1) is 5.92 Å². The van der Waals surface area contributed by atoms with Crippen LogP contribution in [0.2, 0.25) is 0 Å². The van der Waals surface area contributed by atoms with Gasteiger partial charge in [0.2, 0.25) is 5.91 Å². The molecule has 0 radical (unpaired) electrons. The molecule has 0 spiro atoms. The third-order valence-electron chi connectivity index (χ3n) is 2.34. The van der Waals surface area contributed by atoms with Crippen LogP contribution in [0.15, 0.2) is 0 Å². The first-order valence-corrected chi connectivity index (χ1v) is 5.23. The van der Waals surface area contributed by atoms with Gasteiger partial charge in [0.05, 0.1) is 18.7 Å². The van der Waals surface area contributed by atoms with Crippen molar-refractivity contribution in [2.45, 2.75) is 38.8 Å². The molecule has 0 bridgehead atoms. The van der Waals surface area contributed by atoms with Gasteiger partial charge < -0.3 is 15.8 Å². The van der Waals surface area contributed by atoms with Crippen molar-refractivity contribution in [3.63, 3.8) is 0 Å². The van der Waals surface area contributed by atoms with Crippen LogP contribution in [0.25, 0.3) is 0 Å². The third-order valence-corrected chi connectivity index (χ3v) is 2.34. The molecular formula is C10H20N2O2. The van der Waals surface area contributed by atoms with E-state index in [0.717, 1.165) is 19.4 Å². The molecule has 2 unspecified atom stereocenters. The van der Waals surface area contributed by atoms with E-state index in [4.69, 9.17) is 10.5 Å². The Balaban J connectivity index is 2.25. The molecule has 82 valence electrons. The lowest BCUT2D eigenvalue weighted by Crippen LogP contribution is -2.46. The molecule has 1 fully saturated rings. The minimum atomic E-state index is -0.379. The Labute approximate surface area is 85.2 Å². The number of ether oxygens (including phenoxy) is 1. The molecule has 0 saturated carbocycles. The van der Waals surface area contributed by atoms with E-state index in [1.54, 1.807) is 0 Å². The van der Waals surface area contributed by atoms with Gasteiger partial charge in [0.15, 0.2) is 0 Å². The standard InChI is InChI=1S/C10H20N2O2/c1-7(2)5-9(11)10(13)12-8-3-4-14-6-8/h7-9H,3-6,11H2,1-2H3,(H,12,13). The van der Waals surface area contributed by atoms with Gasteiger partial charge in [-0.15, -0.1) is 0 Å². The number of hydrogen-bond donors (Lipinski definition) is 2. The molecule has 0 aromatic rings. The SMILES string of the molecule is CC(C)CC(N)C(=O)NC1CCOC1. The lowest BCUT2D eigenvalue weighted by molar-refractivity contribution is -0.123. The lowest BCUT2D eigenvalue weighted by atomic mass is 10.0. The summed E-state index contributed by atoms with van der Waals surface area (Å²) in [6, 6.07) is -0.212. The molecule has 4 nitrogen and oxygen atoms in total. The molecule has 4 heteroatoms. The first kappa shape index (κ1) is 11.5. The van der Waals surface area contributed by atoms with Gasteiger partial charge in [0.1, 0.15) is 0 Å². The normalized spacial score (nSPS) is 23.9. The average Bonchev–Trinajstić information content (AvgIpc) is 2.55. The molecule has 2 atom stereocenters. The molecule has 1 rings (SSSR count). The van der Waals surface area contributed by atoms with Crippen LogP contribution in [-0.2, 0) is 9.53 Å². The fraction of sp³-hybridized carbons (Fsp3) is 0.900. The zero-order valence-electron chi connectivity index (χ0n) is 8.95. The maximum atomic E-state index is 11.5. The summed E-state index contributed by atoms with van der Waals surface area (Å²) in [5.74, 6) is 0.407. The quantitative estimate of drug-likeness (QED) is 0.684. The highest BCUT2D eigenvalue weighted by atomic mass is 16.5. The van der Waals surface area contributed by atoms with E-state index in [2.05, 4.69) is 19.2 Å². The summed E-state index contributed by atoms with van der Waals surface area (Å²) >= 11 is 0. The highest BCUT2D eigenvalue weighted by Gasteiger charge is 2.21. The van der Waals surface area contributed by atoms with Crippen LogP contribution in [-0.4, -0.2) is 31.2 Å². The molecule has 0 aromatic carbocycles. The first-order valence-electron chi connectivity index (χ1n) is 5.23. The summed E-state index contributed by atoms with van der Waals surface area (Å²) in [5.41, 5.74) is 5.74. The zero-order valence-corrected chi connectivity index (χ0v) is 8.95. The van der Waals surface area contributed by atoms with Crippen LogP contribution >= 0.6 is 0 Å².